The lowest BCUT2D eigenvalue weighted by Gasteiger charge is -2.20. The van der Waals surface area contributed by atoms with Gasteiger partial charge in [0.1, 0.15) is 12.1 Å². The maximum Gasteiger partial charge on any atom is 0.372 e. The van der Waals surface area contributed by atoms with Crippen molar-refractivity contribution in [3.05, 3.63) is 30.0 Å². The van der Waals surface area contributed by atoms with Crippen LogP contribution in [0.25, 0.3) is 10.9 Å². The number of nitrogens with one attached hydrogen (secondary N) is 3. The Balaban J connectivity index is 2.11. The highest BCUT2D eigenvalue weighted by molar-refractivity contribution is 6.25. The van der Waals surface area contributed by atoms with Crippen molar-refractivity contribution >= 4 is 40.5 Å². The van der Waals surface area contributed by atoms with Gasteiger partial charge in [-0.2, -0.15) is 0 Å². The fourth-order valence-electron chi connectivity index (χ4n) is 3.17. The van der Waals surface area contributed by atoms with Crippen molar-refractivity contribution < 1.29 is 29.0 Å². The summed E-state index contributed by atoms with van der Waals surface area (Å²) in [6.07, 6.45) is 0.663. The number of aliphatic hydroxyl groups excluding tert-OH is 1. The van der Waals surface area contributed by atoms with Crippen LogP contribution in [0.2, 0.25) is 0 Å². The molecule has 2 rings (SSSR count). The molecular weight excluding hydrogens is 414 g/mol. The molecule has 0 aliphatic heterocycles. The van der Waals surface area contributed by atoms with E-state index in [2.05, 4.69) is 15.1 Å². The summed E-state index contributed by atoms with van der Waals surface area (Å²) in [7, 11) is 3.85. The van der Waals surface area contributed by atoms with E-state index in [1.807, 2.05) is 37.2 Å². The number of aromatic amines is 1. The average Bonchev–Trinajstić information content (AvgIpc) is 3.12. The van der Waals surface area contributed by atoms with Crippen LogP contribution in [-0.2, 0) is 25.5 Å². The number of hydrogen-bond acceptors (Lipinski definition) is 7. The second-order valence-corrected chi connectivity index (χ2v) is 7.97. The Morgan fingerprint density at radius 3 is 2.66 bits per heavy atom. The molecule has 0 radical (unpaired) electrons. The second kappa shape index (κ2) is 11.2. The standard InChI is InChI=1S/C22H29N5O5/c1-13(2)32-22(31)19(8-6-16(28)12-25-23)26-21(30)20(29)9-14-11-24-18-7-5-15(27(3)4)10-17(14)18/h5,7,10-13,19-20,23-24,29H,6,8-9H2,1-4H3/p+1/t19-,20-/m0/s1. The van der Waals surface area contributed by atoms with Crippen LogP contribution in [0.5, 0.6) is 0 Å². The summed E-state index contributed by atoms with van der Waals surface area (Å²) in [5, 5.41) is 13.9. The number of anilines is 1. The van der Waals surface area contributed by atoms with Gasteiger partial charge in [0, 0.05) is 49.7 Å². The number of Topliss-reactive ketones (excluding diaryl/α,β-unsaturated/α-hetero) is 1. The molecule has 0 saturated heterocycles. The third-order valence-electron chi connectivity index (χ3n) is 4.82. The number of H-pyrrole nitrogens is 1. The molecule has 32 heavy (non-hydrogen) atoms. The van der Waals surface area contributed by atoms with E-state index in [0.717, 1.165) is 28.4 Å². The largest absolute Gasteiger partial charge is 0.461 e. The Morgan fingerprint density at radius 2 is 2.03 bits per heavy atom. The van der Waals surface area contributed by atoms with Crippen molar-refractivity contribution in [2.75, 3.05) is 19.0 Å². The van der Waals surface area contributed by atoms with Crippen LogP contribution in [0.15, 0.2) is 24.4 Å². The van der Waals surface area contributed by atoms with Crippen LogP contribution >= 0.6 is 0 Å². The number of ketones is 1. The predicted octanol–water partition coefficient (Wildman–Crippen LogP) is 1.23. The Bertz CT molecular complexity index is 1020. The van der Waals surface area contributed by atoms with Gasteiger partial charge in [0.25, 0.3) is 0 Å². The van der Waals surface area contributed by atoms with E-state index >= 15 is 0 Å². The van der Waals surface area contributed by atoms with Crippen LogP contribution in [-0.4, -0.2) is 71.1 Å². The molecule has 10 nitrogen and oxygen atoms in total. The van der Waals surface area contributed by atoms with E-state index in [0.29, 0.717) is 0 Å². The predicted molar refractivity (Wildman–Crippen MR) is 119 cm³/mol. The normalized spacial score (nSPS) is 12.7. The molecule has 0 bridgehead atoms. The Labute approximate surface area is 186 Å². The van der Waals surface area contributed by atoms with Crippen molar-refractivity contribution in [2.24, 2.45) is 0 Å². The summed E-state index contributed by atoms with van der Waals surface area (Å²) in [6, 6.07) is 4.75. The molecule has 0 unspecified atom stereocenters. The van der Waals surface area contributed by atoms with Gasteiger partial charge in [-0.25, -0.2) is 4.79 Å². The number of carbonyl (C=O) groups is 3. The SMILES string of the molecule is CC(C)OC(=O)[C@H](CCC(=O)C=[N+]=N)NC(=O)[C@@H](O)Cc1c[nH]c2ccc(N(C)C)cc12. The molecule has 4 N–H and O–H groups in total. The van der Waals surface area contributed by atoms with E-state index in [-0.39, 0.29) is 19.3 Å². The van der Waals surface area contributed by atoms with Gasteiger partial charge >= 0.3 is 12.2 Å². The van der Waals surface area contributed by atoms with E-state index in [1.165, 1.54) is 0 Å². The third kappa shape index (κ3) is 6.76. The molecule has 0 aliphatic carbocycles. The van der Waals surface area contributed by atoms with Crippen LogP contribution in [0.1, 0.15) is 32.3 Å². The summed E-state index contributed by atoms with van der Waals surface area (Å²) >= 11 is 0. The van der Waals surface area contributed by atoms with Gasteiger partial charge in [0.2, 0.25) is 11.7 Å². The van der Waals surface area contributed by atoms with Gasteiger partial charge in [0.05, 0.1) is 16.4 Å². The number of carbonyl (C=O) groups excluding carboxylic acids is 3. The van der Waals surface area contributed by atoms with Crippen molar-refractivity contribution in [3.8, 4) is 0 Å². The Morgan fingerprint density at radius 1 is 1.31 bits per heavy atom. The minimum Gasteiger partial charge on any atom is -0.461 e. The molecule has 10 heteroatoms. The van der Waals surface area contributed by atoms with Gasteiger partial charge in [-0.05, 0) is 44.0 Å². The molecular formula is C22H30N5O5+. The topological polar surface area (TPSA) is 150 Å². The third-order valence-corrected chi connectivity index (χ3v) is 4.82. The fraction of sp³-hybridized carbons (Fsp3) is 0.455. The zero-order valence-corrected chi connectivity index (χ0v) is 18.7. The first kappa shape index (κ1) is 24.8. The van der Waals surface area contributed by atoms with Crippen LogP contribution < -0.4 is 10.2 Å². The lowest BCUT2D eigenvalue weighted by atomic mass is 10.0. The fourth-order valence-corrected chi connectivity index (χ4v) is 3.17. The molecule has 1 amide bonds. The van der Waals surface area contributed by atoms with Crippen molar-refractivity contribution in [3.63, 3.8) is 0 Å². The van der Waals surface area contributed by atoms with Gasteiger partial charge in [0.15, 0.2) is 0 Å². The molecule has 0 aliphatic rings. The second-order valence-electron chi connectivity index (χ2n) is 7.97. The minimum atomic E-state index is -1.41. The first-order valence-electron chi connectivity index (χ1n) is 10.3. The highest BCUT2D eigenvalue weighted by atomic mass is 16.5. The molecule has 1 heterocycles. The summed E-state index contributed by atoms with van der Waals surface area (Å²) in [5.41, 5.74) is 9.32. The monoisotopic (exact) mass is 444 g/mol. The lowest BCUT2D eigenvalue weighted by molar-refractivity contribution is -0.152. The van der Waals surface area contributed by atoms with E-state index in [4.69, 9.17) is 10.3 Å². The van der Waals surface area contributed by atoms with E-state index < -0.39 is 35.9 Å². The number of esters is 1. The van der Waals surface area contributed by atoms with Gasteiger partial charge in [-0.1, -0.05) is 0 Å². The number of fused-ring (bicyclic) bond motifs is 1. The van der Waals surface area contributed by atoms with Crippen LogP contribution in [0, 0.1) is 5.53 Å². The maximum absolute atomic E-state index is 12.6. The molecule has 2 atom stereocenters. The number of benzene rings is 1. The molecule has 0 saturated carbocycles. The highest BCUT2D eigenvalue weighted by Gasteiger charge is 2.27. The van der Waals surface area contributed by atoms with Gasteiger partial charge in [-0.3, -0.25) is 9.59 Å². The van der Waals surface area contributed by atoms with Gasteiger partial charge in [-0.15, -0.1) is 0 Å². The number of aliphatic hydroxyl groups is 1. The number of ether oxygens (including phenoxy) is 1. The van der Waals surface area contributed by atoms with Gasteiger partial charge < -0.3 is 25.0 Å². The molecule has 0 fully saturated rings. The molecule has 2 aromatic rings. The minimum absolute atomic E-state index is 0.0336. The van der Waals surface area contributed by atoms with Crippen molar-refractivity contribution in [1.82, 2.24) is 10.3 Å². The average molecular weight is 445 g/mol. The van der Waals surface area contributed by atoms with E-state index in [9.17, 15) is 19.5 Å². The molecule has 1 aromatic heterocycles. The first-order chi connectivity index (χ1) is 15.1. The summed E-state index contributed by atoms with van der Waals surface area (Å²) in [4.78, 5) is 44.6. The number of rotatable bonds is 11. The number of hydrogen-bond donors (Lipinski definition) is 4. The van der Waals surface area contributed by atoms with Crippen LogP contribution in [0.4, 0.5) is 5.69 Å². The molecule has 1 aromatic carbocycles. The summed E-state index contributed by atoms with van der Waals surface area (Å²) in [6.45, 7) is 3.34. The quantitative estimate of drug-likeness (QED) is 0.177. The smallest absolute Gasteiger partial charge is 0.372 e. The lowest BCUT2D eigenvalue weighted by Crippen LogP contribution is -2.47. The zero-order chi connectivity index (χ0) is 23.8. The number of amides is 1. The molecule has 0 spiro atoms. The number of aromatic nitrogens is 1. The summed E-state index contributed by atoms with van der Waals surface area (Å²) in [5.74, 6) is -1.89. The first-order valence-corrected chi connectivity index (χ1v) is 10.3. The van der Waals surface area contributed by atoms with Crippen molar-refractivity contribution in [1.29, 1.82) is 5.53 Å². The van der Waals surface area contributed by atoms with Crippen LogP contribution in [0.3, 0.4) is 0 Å². The maximum atomic E-state index is 12.6. The van der Waals surface area contributed by atoms with Crippen molar-refractivity contribution in [2.45, 2.75) is 51.4 Å². The zero-order valence-electron chi connectivity index (χ0n) is 18.7. The molecule has 172 valence electrons. The summed E-state index contributed by atoms with van der Waals surface area (Å²) < 4.78 is 5.16. The number of nitrogens with zero attached hydrogens (tertiary/aromatic N) is 2. The Hall–Kier alpha value is -3.49. The van der Waals surface area contributed by atoms with E-state index in [1.54, 1.807) is 20.0 Å². The highest BCUT2D eigenvalue weighted by Crippen LogP contribution is 2.24. The Kier molecular flexibility index (Phi) is 8.69.